The molecular formula is C13H17N3OS. The van der Waals surface area contributed by atoms with Crippen LogP contribution >= 0.6 is 11.3 Å². The summed E-state index contributed by atoms with van der Waals surface area (Å²) in [6, 6.07) is 7.95. The fourth-order valence-corrected chi connectivity index (χ4v) is 2.13. The number of hydrogen-bond acceptors (Lipinski definition) is 3. The fraction of sp³-hybridized carbons (Fsp3) is 0.308. The molecule has 0 amide bonds. The molecule has 0 fully saturated rings. The molecule has 0 aromatic carbocycles. The second kappa shape index (κ2) is 6.86. The summed E-state index contributed by atoms with van der Waals surface area (Å²) < 4.78 is 5.25. The lowest BCUT2D eigenvalue weighted by Crippen LogP contribution is -2.36. The maximum Gasteiger partial charge on any atom is 0.191 e. The molecule has 5 heteroatoms. The molecule has 0 bridgehead atoms. The van der Waals surface area contributed by atoms with Gasteiger partial charge < -0.3 is 15.1 Å². The number of rotatable bonds is 5. The number of nitrogens with one attached hydrogen (secondary N) is 2. The molecule has 96 valence electrons. The van der Waals surface area contributed by atoms with Gasteiger partial charge in [0.1, 0.15) is 12.3 Å². The zero-order valence-corrected chi connectivity index (χ0v) is 11.2. The van der Waals surface area contributed by atoms with E-state index in [1.807, 2.05) is 12.1 Å². The number of furan rings is 1. The van der Waals surface area contributed by atoms with Crippen molar-refractivity contribution in [3.05, 3.63) is 46.5 Å². The van der Waals surface area contributed by atoms with Gasteiger partial charge in [-0.1, -0.05) is 6.07 Å². The van der Waals surface area contributed by atoms with E-state index in [0.717, 1.165) is 24.8 Å². The Labute approximate surface area is 111 Å². The van der Waals surface area contributed by atoms with Crippen LogP contribution in [-0.2, 0) is 13.1 Å². The molecule has 18 heavy (non-hydrogen) atoms. The highest BCUT2D eigenvalue weighted by Crippen LogP contribution is 2.07. The van der Waals surface area contributed by atoms with Crippen LogP contribution in [-0.4, -0.2) is 12.5 Å². The highest BCUT2D eigenvalue weighted by atomic mass is 32.1. The maximum atomic E-state index is 5.25. The molecule has 0 aliphatic rings. The monoisotopic (exact) mass is 263 g/mol. The zero-order valence-electron chi connectivity index (χ0n) is 10.3. The molecule has 0 saturated carbocycles. The molecule has 0 unspecified atom stereocenters. The minimum Gasteiger partial charge on any atom is -0.467 e. The van der Waals surface area contributed by atoms with Crippen molar-refractivity contribution in [2.24, 2.45) is 4.99 Å². The quantitative estimate of drug-likeness (QED) is 0.644. The lowest BCUT2D eigenvalue weighted by atomic mass is 10.4. The van der Waals surface area contributed by atoms with Crippen molar-refractivity contribution in [1.82, 2.24) is 10.6 Å². The predicted octanol–water partition coefficient (Wildman–Crippen LogP) is 2.60. The number of thiophene rings is 1. The second-order valence-electron chi connectivity index (χ2n) is 3.71. The van der Waals surface area contributed by atoms with Gasteiger partial charge in [0, 0.05) is 11.4 Å². The van der Waals surface area contributed by atoms with Crippen LogP contribution in [0.1, 0.15) is 17.6 Å². The first kappa shape index (κ1) is 12.7. The van der Waals surface area contributed by atoms with E-state index in [2.05, 4.69) is 40.1 Å². The van der Waals surface area contributed by atoms with E-state index in [9.17, 15) is 0 Å². The first-order valence-electron chi connectivity index (χ1n) is 5.95. The molecule has 2 aromatic heterocycles. The van der Waals surface area contributed by atoms with Crippen molar-refractivity contribution in [3.63, 3.8) is 0 Å². The van der Waals surface area contributed by atoms with E-state index in [0.29, 0.717) is 6.54 Å². The van der Waals surface area contributed by atoms with Gasteiger partial charge in [0.05, 0.1) is 12.8 Å². The highest BCUT2D eigenvalue weighted by molar-refractivity contribution is 7.09. The summed E-state index contributed by atoms with van der Waals surface area (Å²) >= 11 is 1.74. The van der Waals surface area contributed by atoms with E-state index < -0.39 is 0 Å². The number of guanidine groups is 1. The van der Waals surface area contributed by atoms with E-state index in [-0.39, 0.29) is 0 Å². The van der Waals surface area contributed by atoms with Crippen LogP contribution in [0.4, 0.5) is 0 Å². The molecule has 0 saturated heterocycles. The average molecular weight is 263 g/mol. The van der Waals surface area contributed by atoms with Crippen molar-refractivity contribution in [3.8, 4) is 0 Å². The van der Waals surface area contributed by atoms with Gasteiger partial charge in [-0.05, 0) is 30.5 Å². The Bertz CT molecular complexity index is 462. The van der Waals surface area contributed by atoms with Crippen molar-refractivity contribution >= 4 is 17.3 Å². The number of hydrogen-bond donors (Lipinski definition) is 2. The fourth-order valence-electron chi connectivity index (χ4n) is 1.49. The summed E-state index contributed by atoms with van der Waals surface area (Å²) in [5.41, 5.74) is 0. The minimum absolute atomic E-state index is 0.548. The summed E-state index contributed by atoms with van der Waals surface area (Å²) in [4.78, 5) is 5.75. The number of nitrogens with zero attached hydrogens (tertiary/aromatic N) is 1. The average Bonchev–Trinajstić information content (AvgIpc) is 3.05. The lowest BCUT2D eigenvalue weighted by molar-refractivity contribution is 0.512. The molecule has 0 spiro atoms. The van der Waals surface area contributed by atoms with E-state index in [4.69, 9.17) is 4.42 Å². The molecule has 0 aliphatic heterocycles. The van der Waals surface area contributed by atoms with E-state index in [1.54, 1.807) is 17.6 Å². The first-order chi connectivity index (χ1) is 8.88. The van der Waals surface area contributed by atoms with Crippen molar-refractivity contribution in [2.75, 3.05) is 6.54 Å². The zero-order chi connectivity index (χ0) is 12.6. The Balaban J connectivity index is 1.88. The van der Waals surface area contributed by atoms with Gasteiger partial charge in [-0.2, -0.15) is 0 Å². The van der Waals surface area contributed by atoms with Crippen molar-refractivity contribution in [1.29, 1.82) is 0 Å². The van der Waals surface area contributed by atoms with Crippen molar-refractivity contribution < 1.29 is 4.42 Å². The molecule has 4 nitrogen and oxygen atoms in total. The summed E-state index contributed by atoms with van der Waals surface area (Å²) in [6.07, 6.45) is 1.66. The summed E-state index contributed by atoms with van der Waals surface area (Å²) in [5, 5.41) is 8.58. The van der Waals surface area contributed by atoms with Crippen LogP contribution in [0.25, 0.3) is 0 Å². The van der Waals surface area contributed by atoms with Gasteiger partial charge in [0.15, 0.2) is 5.96 Å². The Morgan fingerprint density at radius 3 is 2.94 bits per heavy atom. The Hall–Kier alpha value is -1.75. The Morgan fingerprint density at radius 1 is 1.33 bits per heavy atom. The van der Waals surface area contributed by atoms with Gasteiger partial charge in [-0.15, -0.1) is 11.3 Å². The molecule has 2 heterocycles. The van der Waals surface area contributed by atoms with E-state index in [1.165, 1.54) is 4.88 Å². The molecule has 2 rings (SSSR count). The number of aliphatic imine (C=N–C) groups is 1. The van der Waals surface area contributed by atoms with Gasteiger partial charge in [0.25, 0.3) is 0 Å². The summed E-state index contributed by atoms with van der Waals surface area (Å²) in [5.74, 6) is 1.67. The van der Waals surface area contributed by atoms with Gasteiger partial charge in [-0.25, -0.2) is 4.99 Å². The first-order valence-corrected chi connectivity index (χ1v) is 6.83. The topological polar surface area (TPSA) is 49.6 Å². The van der Waals surface area contributed by atoms with Crippen LogP contribution in [0.15, 0.2) is 45.3 Å². The third-order valence-electron chi connectivity index (χ3n) is 2.33. The molecule has 0 atom stereocenters. The molecule has 2 aromatic rings. The predicted molar refractivity (Wildman–Crippen MR) is 74.7 cm³/mol. The Morgan fingerprint density at radius 2 is 2.28 bits per heavy atom. The SMILES string of the molecule is CCNC(=NCc1ccco1)NCc1cccs1. The van der Waals surface area contributed by atoms with Crippen molar-refractivity contribution in [2.45, 2.75) is 20.0 Å². The second-order valence-corrected chi connectivity index (χ2v) is 4.74. The highest BCUT2D eigenvalue weighted by Gasteiger charge is 1.99. The molecule has 2 N–H and O–H groups in total. The van der Waals surface area contributed by atoms with E-state index >= 15 is 0 Å². The van der Waals surface area contributed by atoms with Crippen LogP contribution in [0.5, 0.6) is 0 Å². The van der Waals surface area contributed by atoms with Gasteiger partial charge in [-0.3, -0.25) is 0 Å². The molecule has 0 radical (unpaired) electrons. The van der Waals surface area contributed by atoms with Crippen LogP contribution < -0.4 is 10.6 Å². The lowest BCUT2D eigenvalue weighted by Gasteiger charge is -2.09. The maximum absolute atomic E-state index is 5.25. The molecular weight excluding hydrogens is 246 g/mol. The third-order valence-corrected chi connectivity index (χ3v) is 3.20. The third kappa shape index (κ3) is 3.92. The molecule has 0 aliphatic carbocycles. The standard InChI is InChI=1S/C13H17N3OS/c1-2-14-13(15-9-11-5-3-7-17-11)16-10-12-6-4-8-18-12/h3-8H,2,9-10H2,1H3,(H2,14,15,16). The Kier molecular flexibility index (Phi) is 4.84. The summed E-state index contributed by atoms with van der Waals surface area (Å²) in [6.45, 7) is 4.23. The van der Waals surface area contributed by atoms with Crippen LogP contribution in [0, 0.1) is 0 Å². The van der Waals surface area contributed by atoms with Gasteiger partial charge >= 0.3 is 0 Å². The van der Waals surface area contributed by atoms with Gasteiger partial charge in [0.2, 0.25) is 0 Å². The largest absolute Gasteiger partial charge is 0.467 e. The van der Waals surface area contributed by atoms with Crippen LogP contribution in [0.2, 0.25) is 0 Å². The summed E-state index contributed by atoms with van der Waals surface area (Å²) in [7, 11) is 0. The van der Waals surface area contributed by atoms with Crippen LogP contribution in [0.3, 0.4) is 0 Å². The minimum atomic E-state index is 0.548. The normalized spacial score (nSPS) is 11.5. The smallest absolute Gasteiger partial charge is 0.191 e.